The van der Waals surface area contributed by atoms with Crippen molar-refractivity contribution in [2.75, 3.05) is 20.3 Å². The Kier molecular flexibility index (Phi) is 5.26. The third kappa shape index (κ3) is 3.64. The van der Waals surface area contributed by atoms with Gasteiger partial charge in [0, 0.05) is 25.1 Å². The molecule has 4 nitrogen and oxygen atoms in total. The Bertz CT molecular complexity index is 428. The van der Waals surface area contributed by atoms with Crippen molar-refractivity contribution >= 4 is 0 Å². The first-order valence-corrected chi connectivity index (χ1v) is 7.37. The molecular weight excluding hydrogens is 254 g/mol. The Morgan fingerprint density at radius 3 is 2.65 bits per heavy atom. The van der Waals surface area contributed by atoms with Crippen molar-refractivity contribution in [3.05, 3.63) is 23.8 Å². The third-order valence-electron chi connectivity index (χ3n) is 4.32. The maximum absolute atomic E-state index is 9.66. The van der Waals surface area contributed by atoms with Crippen molar-refractivity contribution in [1.29, 1.82) is 0 Å². The quantitative estimate of drug-likeness (QED) is 0.748. The Labute approximate surface area is 120 Å². The number of phenolic OH excluding ortho intramolecular Hbond substituents is 1. The summed E-state index contributed by atoms with van der Waals surface area (Å²) in [5, 5.41) is 22.7. The van der Waals surface area contributed by atoms with E-state index in [0.29, 0.717) is 5.75 Å². The lowest BCUT2D eigenvalue weighted by molar-refractivity contribution is 0.0810. The van der Waals surface area contributed by atoms with Crippen LogP contribution in [0.5, 0.6) is 11.5 Å². The minimum Gasteiger partial charge on any atom is -0.504 e. The maximum Gasteiger partial charge on any atom is 0.160 e. The van der Waals surface area contributed by atoms with Crippen molar-refractivity contribution < 1.29 is 14.9 Å². The Morgan fingerprint density at radius 1 is 1.25 bits per heavy atom. The summed E-state index contributed by atoms with van der Waals surface area (Å²) in [6.07, 6.45) is 5.94. The van der Waals surface area contributed by atoms with Gasteiger partial charge in [0.25, 0.3) is 0 Å². The maximum atomic E-state index is 9.66. The highest BCUT2D eigenvalue weighted by molar-refractivity contribution is 5.41. The van der Waals surface area contributed by atoms with Crippen molar-refractivity contribution in [2.24, 2.45) is 5.41 Å². The molecule has 0 heterocycles. The predicted octanol–water partition coefficient (Wildman–Crippen LogP) is 2.43. The van der Waals surface area contributed by atoms with Gasteiger partial charge in [0.1, 0.15) is 0 Å². The van der Waals surface area contributed by atoms with Gasteiger partial charge < -0.3 is 20.3 Å². The number of nitrogens with one attached hydrogen (secondary N) is 1. The molecule has 4 heteroatoms. The molecule has 1 fully saturated rings. The summed E-state index contributed by atoms with van der Waals surface area (Å²) in [5.41, 5.74) is 1.13. The zero-order valence-electron chi connectivity index (χ0n) is 12.2. The van der Waals surface area contributed by atoms with Crippen LogP contribution in [0.15, 0.2) is 18.2 Å². The molecule has 112 valence electrons. The van der Waals surface area contributed by atoms with Crippen molar-refractivity contribution in [3.8, 4) is 11.5 Å². The first-order chi connectivity index (χ1) is 9.69. The summed E-state index contributed by atoms with van der Waals surface area (Å²) in [4.78, 5) is 0. The van der Waals surface area contributed by atoms with Crippen LogP contribution >= 0.6 is 0 Å². The first kappa shape index (κ1) is 15.1. The van der Waals surface area contributed by atoms with Gasteiger partial charge in [-0.25, -0.2) is 0 Å². The standard InChI is InChI=1S/C16H25NO3/c1-20-15-9-13(5-6-14(15)19)10-17-11-16(12-18)7-3-2-4-8-16/h5-6,9,17-19H,2-4,7-8,10-12H2,1H3. The molecule has 0 spiro atoms. The van der Waals surface area contributed by atoms with Gasteiger partial charge in [0.15, 0.2) is 11.5 Å². The molecule has 1 saturated carbocycles. The molecule has 0 aromatic heterocycles. The Hall–Kier alpha value is -1.26. The van der Waals surface area contributed by atoms with E-state index in [1.54, 1.807) is 13.2 Å². The van der Waals surface area contributed by atoms with Gasteiger partial charge in [-0.1, -0.05) is 25.3 Å². The number of hydrogen-bond acceptors (Lipinski definition) is 4. The largest absolute Gasteiger partial charge is 0.504 e. The fraction of sp³-hybridized carbons (Fsp3) is 0.625. The van der Waals surface area contributed by atoms with Crippen LogP contribution in [-0.4, -0.2) is 30.5 Å². The van der Waals surface area contributed by atoms with E-state index >= 15 is 0 Å². The highest BCUT2D eigenvalue weighted by atomic mass is 16.5. The average molecular weight is 279 g/mol. The van der Waals surface area contributed by atoms with Gasteiger partial charge in [-0.15, -0.1) is 0 Å². The summed E-state index contributed by atoms with van der Waals surface area (Å²) >= 11 is 0. The van der Waals surface area contributed by atoms with E-state index in [0.717, 1.165) is 31.5 Å². The molecule has 20 heavy (non-hydrogen) atoms. The van der Waals surface area contributed by atoms with Crippen molar-refractivity contribution in [1.82, 2.24) is 5.32 Å². The summed E-state index contributed by atoms with van der Waals surface area (Å²) in [7, 11) is 1.55. The van der Waals surface area contributed by atoms with Crippen LogP contribution in [0.1, 0.15) is 37.7 Å². The molecule has 0 atom stereocenters. The van der Waals surface area contributed by atoms with Crippen LogP contribution in [0.25, 0.3) is 0 Å². The van der Waals surface area contributed by atoms with E-state index in [1.807, 2.05) is 12.1 Å². The molecule has 3 N–H and O–H groups in total. The SMILES string of the molecule is COc1cc(CNCC2(CO)CCCCC2)ccc1O. The second kappa shape index (κ2) is 6.95. The van der Waals surface area contributed by atoms with Gasteiger partial charge in [-0.3, -0.25) is 0 Å². The first-order valence-electron chi connectivity index (χ1n) is 7.37. The van der Waals surface area contributed by atoms with Gasteiger partial charge in [0.05, 0.1) is 7.11 Å². The number of ether oxygens (including phenoxy) is 1. The number of hydrogen-bond donors (Lipinski definition) is 3. The molecule has 0 unspecified atom stereocenters. The molecule has 0 radical (unpaired) electrons. The lowest BCUT2D eigenvalue weighted by Crippen LogP contribution is -2.38. The van der Waals surface area contributed by atoms with Crippen LogP contribution in [0, 0.1) is 5.41 Å². The predicted molar refractivity (Wildman–Crippen MR) is 79.0 cm³/mol. The molecule has 1 aliphatic carbocycles. The fourth-order valence-corrected chi connectivity index (χ4v) is 3.00. The number of aliphatic hydroxyl groups is 1. The van der Waals surface area contributed by atoms with E-state index in [4.69, 9.17) is 4.74 Å². The monoisotopic (exact) mass is 279 g/mol. The van der Waals surface area contributed by atoms with Gasteiger partial charge in [0.2, 0.25) is 0 Å². The number of rotatable bonds is 6. The molecule has 0 bridgehead atoms. The number of benzene rings is 1. The molecule has 1 aromatic rings. The molecule has 2 rings (SSSR count). The van der Waals surface area contributed by atoms with Crippen LogP contribution in [0.2, 0.25) is 0 Å². The van der Waals surface area contributed by atoms with Crippen LogP contribution in [0.3, 0.4) is 0 Å². The average Bonchev–Trinajstić information content (AvgIpc) is 2.50. The minimum absolute atomic E-state index is 0.0548. The molecule has 0 saturated heterocycles. The second-order valence-electron chi connectivity index (χ2n) is 5.83. The highest BCUT2D eigenvalue weighted by Crippen LogP contribution is 2.35. The van der Waals surface area contributed by atoms with Crippen LogP contribution in [0.4, 0.5) is 0 Å². The molecule has 0 amide bonds. The molecule has 1 aromatic carbocycles. The van der Waals surface area contributed by atoms with E-state index in [-0.39, 0.29) is 17.8 Å². The number of aromatic hydroxyl groups is 1. The second-order valence-corrected chi connectivity index (χ2v) is 5.83. The van der Waals surface area contributed by atoms with Gasteiger partial charge >= 0.3 is 0 Å². The van der Waals surface area contributed by atoms with Crippen molar-refractivity contribution in [3.63, 3.8) is 0 Å². The van der Waals surface area contributed by atoms with E-state index in [1.165, 1.54) is 19.3 Å². The van der Waals surface area contributed by atoms with Crippen molar-refractivity contribution in [2.45, 2.75) is 38.6 Å². The third-order valence-corrected chi connectivity index (χ3v) is 4.32. The Morgan fingerprint density at radius 2 is 2.00 bits per heavy atom. The zero-order valence-corrected chi connectivity index (χ0v) is 12.2. The summed E-state index contributed by atoms with van der Waals surface area (Å²) in [5.74, 6) is 0.661. The summed E-state index contributed by atoms with van der Waals surface area (Å²) in [6.45, 7) is 1.82. The zero-order chi connectivity index (χ0) is 14.4. The van der Waals surface area contributed by atoms with Gasteiger partial charge in [-0.05, 0) is 30.5 Å². The number of methoxy groups -OCH3 is 1. The van der Waals surface area contributed by atoms with E-state index in [9.17, 15) is 10.2 Å². The fourth-order valence-electron chi connectivity index (χ4n) is 3.00. The lowest BCUT2D eigenvalue weighted by atomic mass is 9.74. The molecule has 1 aliphatic rings. The number of phenols is 1. The number of aliphatic hydroxyl groups excluding tert-OH is 1. The van der Waals surface area contributed by atoms with E-state index in [2.05, 4.69) is 5.32 Å². The lowest BCUT2D eigenvalue weighted by Gasteiger charge is -2.35. The van der Waals surface area contributed by atoms with Crippen LogP contribution in [-0.2, 0) is 6.54 Å². The van der Waals surface area contributed by atoms with E-state index < -0.39 is 0 Å². The topological polar surface area (TPSA) is 61.7 Å². The summed E-state index contributed by atoms with van der Waals surface area (Å²) < 4.78 is 5.11. The smallest absolute Gasteiger partial charge is 0.160 e. The Balaban J connectivity index is 1.88. The molecule has 0 aliphatic heterocycles. The van der Waals surface area contributed by atoms with Crippen LogP contribution < -0.4 is 10.1 Å². The normalized spacial score (nSPS) is 17.9. The minimum atomic E-state index is 0.0548. The molecular formula is C16H25NO3. The highest BCUT2D eigenvalue weighted by Gasteiger charge is 2.30. The van der Waals surface area contributed by atoms with Gasteiger partial charge in [-0.2, -0.15) is 0 Å². The summed E-state index contributed by atoms with van der Waals surface area (Å²) in [6, 6.07) is 5.38.